The zero-order chi connectivity index (χ0) is 20.5. The van der Waals surface area contributed by atoms with Crippen molar-refractivity contribution in [3.8, 4) is 0 Å². The SMILES string of the molecule is O=C(/C=C/c1ccccc1)NCCCS(=O)(=O)N1CCN(c2ncccn2)CC1. The maximum atomic E-state index is 12.5. The molecule has 1 aromatic heterocycles. The third-order valence-electron chi connectivity index (χ3n) is 4.57. The Balaban J connectivity index is 1.38. The highest BCUT2D eigenvalue weighted by Gasteiger charge is 2.27. The van der Waals surface area contributed by atoms with Gasteiger partial charge in [-0.15, -0.1) is 0 Å². The number of carbonyl (C=O) groups is 1. The van der Waals surface area contributed by atoms with Gasteiger partial charge in [-0.05, 0) is 24.1 Å². The number of nitrogens with one attached hydrogen (secondary N) is 1. The average Bonchev–Trinajstić information content (AvgIpc) is 2.77. The van der Waals surface area contributed by atoms with Crippen LogP contribution in [-0.4, -0.2) is 67.1 Å². The summed E-state index contributed by atoms with van der Waals surface area (Å²) in [7, 11) is -3.35. The number of piperazine rings is 1. The second-order valence-electron chi connectivity index (χ2n) is 6.64. The molecular weight excluding hydrogens is 390 g/mol. The summed E-state index contributed by atoms with van der Waals surface area (Å²) in [6.07, 6.45) is 6.90. The standard InChI is InChI=1S/C20H25N5O3S/c26-19(9-8-18-6-2-1-3-7-18)21-12-5-17-29(27,28)25-15-13-24(14-16-25)20-22-10-4-11-23-20/h1-4,6-11H,5,12-17H2,(H,21,26)/b9-8+. The monoisotopic (exact) mass is 415 g/mol. The molecule has 1 aliphatic heterocycles. The lowest BCUT2D eigenvalue weighted by Gasteiger charge is -2.33. The lowest BCUT2D eigenvalue weighted by Crippen LogP contribution is -2.49. The number of hydrogen-bond donors (Lipinski definition) is 1. The van der Waals surface area contributed by atoms with Crippen molar-refractivity contribution in [2.45, 2.75) is 6.42 Å². The van der Waals surface area contributed by atoms with E-state index >= 15 is 0 Å². The van der Waals surface area contributed by atoms with Crippen molar-refractivity contribution in [2.24, 2.45) is 0 Å². The normalized spacial score (nSPS) is 15.5. The molecule has 154 valence electrons. The van der Waals surface area contributed by atoms with Crippen molar-refractivity contribution in [3.05, 3.63) is 60.4 Å². The van der Waals surface area contributed by atoms with Crippen molar-refractivity contribution < 1.29 is 13.2 Å². The van der Waals surface area contributed by atoms with Crippen molar-refractivity contribution >= 4 is 28.0 Å². The van der Waals surface area contributed by atoms with Gasteiger partial charge in [0, 0.05) is 51.2 Å². The molecule has 1 N–H and O–H groups in total. The zero-order valence-electron chi connectivity index (χ0n) is 16.1. The Morgan fingerprint density at radius 1 is 1.03 bits per heavy atom. The number of rotatable bonds is 8. The molecule has 0 saturated carbocycles. The minimum Gasteiger partial charge on any atom is -0.353 e. The Morgan fingerprint density at radius 2 is 1.72 bits per heavy atom. The molecule has 0 aliphatic carbocycles. The molecule has 1 saturated heterocycles. The van der Waals surface area contributed by atoms with Crippen LogP contribution in [0.5, 0.6) is 0 Å². The molecule has 3 rings (SSSR count). The lowest BCUT2D eigenvalue weighted by molar-refractivity contribution is -0.116. The number of benzene rings is 1. The van der Waals surface area contributed by atoms with E-state index in [1.54, 1.807) is 24.5 Å². The van der Waals surface area contributed by atoms with E-state index in [0.717, 1.165) is 5.56 Å². The molecule has 0 unspecified atom stereocenters. The van der Waals surface area contributed by atoms with Gasteiger partial charge in [0.05, 0.1) is 5.75 Å². The van der Waals surface area contributed by atoms with E-state index in [0.29, 0.717) is 45.1 Å². The van der Waals surface area contributed by atoms with Crippen molar-refractivity contribution in [1.29, 1.82) is 0 Å². The van der Waals surface area contributed by atoms with Crippen LogP contribution in [-0.2, 0) is 14.8 Å². The first-order valence-electron chi connectivity index (χ1n) is 9.55. The lowest BCUT2D eigenvalue weighted by atomic mass is 10.2. The van der Waals surface area contributed by atoms with Gasteiger partial charge in [-0.25, -0.2) is 18.4 Å². The van der Waals surface area contributed by atoms with Gasteiger partial charge in [-0.1, -0.05) is 30.3 Å². The van der Waals surface area contributed by atoms with Crippen LogP contribution in [0.4, 0.5) is 5.95 Å². The van der Waals surface area contributed by atoms with Crippen LogP contribution in [0.1, 0.15) is 12.0 Å². The second-order valence-corrected chi connectivity index (χ2v) is 8.73. The fourth-order valence-electron chi connectivity index (χ4n) is 3.01. The van der Waals surface area contributed by atoms with Gasteiger partial charge in [0.25, 0.3) is 0 Å². The number of hydrogen-bond acceptors (Lipinski definition) is 6. The van der Waals surface area contributed by atoms with E-state index in [-0.39, 0.29) is 11.7 Å². The van der Waals surface area contributed by atoms with E-state index in [1.807, 2.05) is 35.2 Å². The Kier molecular flexibility index (Phi) is 7.31. The molecule has 1 fully saturated rings. The van der Waals surface area contributed by atoms with E-state index in [4.69, 9.17) is 0 Å². The first kappa shape index (κ1) is 20.9. The van der Waals surface area contributed by atoms with Crippen LogP contribution >= 0.6 is 0 Å². The molecule has 0 radical (unpaired) electrons. The minimum atomic E-state index is -3.35. The van der Waals surface area contributed by atoms with Crippen molar-refractivity contribution in [3.63, 3.8) is 0 Å². The Hall–Kier alpha value is -2.78. The van der Waals surface area contributed by atoms with Crippen molar-refractivity contribution in [1.82, 2.24) is 19.6 Å². The molecule has 1 amide bonds. The van der Waals surface area contributed by atoms with E-state index in [1.165, 1.54) is 10.4 Å². The summed E-state index contributed by atoms with van der Waals surface area (Å²) in [4.78, 5) is 22.2. The molecule has 2 heterocycles. The molecule has 9 heteroatoms. The Bertz CT molecular complexity index is 912. The van der Waals surface area contributed by atoms with Gasteiger partial charge in [0.15, 0.2) is 0 Å². The molecule has 29 heavy (non-hydrogen) atoms. The first-order chi connectivity index (χ1) is 14.0. The highest BCUT2D eigenvalue weighted by atomic mass is 32.2. The smallest absolute Gasteiger partial charge is 0.243 e. The predicted octanol–water partition coefficient (Wildman–Crippen LogP) is 1.15. The summed E-state index contributed by atoms with van der Waals surface area (Å²) >= 11 is 0. The van der Waals surface area contributed by atoms with Crippen LogP contribution in [0.25, 0.3) is 6.08 Å². The average molecular weight is 416 g/mol. The minimum absolute atomic E-state index is 0.0114. The topological polar surface area (TPSA) is 95.5 Å². The maximum absolute atomic E-state index is 12.5. The highest BCUT2D eigenvalue weighted by molar-refractivity contribution is 7.89. The fourth-order valence-corrected chi connectivity index (χ4v) is 4.50. The summed E-state index contributed by atoms with van der Waals surface area (Å²) in [6.45, 7) is 2.25. The third kappa shape index (κ3) is 6.37. The largest absolute Gasteiger partial charge is 0.353 e. The third-order valence-corrected chi connectivity index (χ3v) is 6.53. The van der Waals surface area contributed by atoms with Gasteiger partial charge in [-0.3, -0.25) is 4.79 Å². The van der Waals surface area contributed by atoms with E-state index in [2.05, 4.69) is 15.3 Å². The molecule has 1 aliphatic rings. The van der Waals surface area contributed by atoms with Crippen LogP contribution in [0.2, 0.25) is 0 Å². The zero-order valence-corrected chi connectivity index (χ0v) is 17.0. The molecule has 1 aromatic carbocycles. The van der Waals surface area contributed by atoms with Gasteiger partial charge < -0.3 is 10.2 Å². The van der Waals surface area contributed by atoms with Gasteiger partial charge in [-0.2, -0.15) is 4.31 Å². The molecule has 0 spiro atoms. The van der Waals surface area contributed by atoms with Crippen LogP contribution in [0.3, 0.4) is 0 Å². The summed E-state index contributed by atoms with van der Waals surface area (Å²) < 4.78 is 26.6. The second kappa shape index (κ2) is 10.1. The number of amides is 1. The molecule has 2 aromatic rings. The van der Waals surface area contributed by atoms with Gasteiger partial charge >= 0.3 is 0 Å². The number of anilines is 1. The Labute approximate surface area is 171 Å². The van der Waals surface area contributed by atoms with Crippen LogP contribution < -0.4 is 10.2 Å². The van der Waals surface area contributed by atoms with E-state index in [9.17, 15) is 13.2 Å². The number of nitrogens with zero attached hydrogens (tertiary/aromatic N) is 4. The first-order valence-corrected chi connectivity index (χ1v) is 11.2. The molecule has 0 bridgehead atoms. The quantitative estimate of drug-likeness (QED) is 0.513. The highest BCUT2D eigenvalue weighted by Crippen LogP contribution is 2.13. The summed E-state index contributed by atoms with van der Waals surface area (Å²) in [5, 5.41) is 2.72. The van der Waals surface area contributed by atoms with Gasteiger partial charge in [0.1, 0.15) is 0 Å². The summed E-state index contributed by atoms with van der Waals surface area (Å²) in [5.41, 5.74) is 0.935. The van der Waals surface area contributed by atoms with Crippen molar-refractivity contribution in [2.75, 3.05) is 43.4 Å². The number of carbonyl (C=O) groups excluding carboxylic acids is 1. The van der Waals surface area contributed by atoms with E-state index < -0.39 is 10.0 Å². The molecular formula is C20H25N5O3S. The fraction of sp³-hybridized carbons (Fsp3) is 0.350. The number of aromatic nitrogens is 2. The predicted molar refractivity (Wildman–Crippen MR) is 113 cm³/mol. The number of sulfonamides is 1. The summed E-state index contributed by atoms with van der Waals surface area (Å²) in [6, 6.07) is 11.3. The van der Waals surface area contributed by atoms with Crippen LogP contribution in [0, 0.1) is 0 Å². The molecule has 0 atom stereocenters. The maximum Gasteiger partial charge on any atom is 0.243 e. The summed E-state index contributed by atoms with van der Waals surface area (Å²) in [5.74, 6) is 0.399. The van der Waals surface area contributed by atoms with Gasteiger partial charge in [0.2, 0.25) is 21.9 Å². The van der Waals surface area contributed by atoms with Crippen LogP contribution in [0.15, 0.2) is 54.9 Å². The molecule has 8 nitrogen and oxygen atoms in total. The Morgan fingerprint density at radius 3 is 2.41 bits per heavy atom.